The number of carbonyl (C=O) groups excluding carboxylic acids is 1. The van der Waals surface area contributed by atoms with Crippen LogP contribution in [0.15, 0.2) is 29.4 Å². The molecule has 3 heterocycles. The third kappa shape index (κ3) is 3.69. The van der Waals surface area contributed by atoms with Crippen molar-refractivity contribution in [2.75, 3.05) is 19.3 Å². The van der Waals surface area contributed by atoms with E-state index in [1.807, 2.05) is 0 Å². The summed E-state index contributed by atoms with van der Waals surface area (Å²) in [5, 5.41) is 4.32. The predicted octanol–water partition coefficient (Wildman–Crippen LogP) is 1.89. The van der Waals surface area contributed by atoms with Gasteiger partial charge in [-0.1, -0.05) is 11.6 Å². The third-order valence-electron chi connectivity index (χ3n) is 4.46. The monoisotopic (exact) mass is 382 g/mol. The predicted molar refractivity (Wildman–Crippen MR) is 93.4 cm³/mol. The van der Waals surface area contributed by atoms with Crippen LogP contribution in [0.4, 0.5) is 0 Å². The number of amides is 1. The van der Waals surface area contributed by atoms with Gasteiger partial charge in [0.25, 0.3) is 5.91 Å². The van der Waals surface area contributed by atoms with E-state index in [1.54, 1.807) is 28.9 Å². The molecular formula is C16H19ClN4O3S. The molecule has 0 N–H and O–H groups in total. The molecule has 3 rings (SSSR count). The normalized spacial score (nSPS) is 16.2. The molecule has 0 unspecified atom stereocenters. The van der Waals surface area contributed by atoms with E-state index in [2.05, 4.69) is 10.1 Å². The molecule has 0 radical (unpaired) electrons. The summed E-state index contributed by atoms with van der Waals surface area (Å²) in [5.74, 6) is -0.0802. The highest BCUT2D eigenvalue weighted by atomic mass is 35.5. The lowest BCUT2D eigenvalue weighted by Crippen LogP contribution is -2.39. The zero-order valence-electron chi connectivity index (χ0n) is 14.0. The Hall–Kier alpha value is -1.93. The van der Waals surface area contributed by atoms with Gasteiger partial charge in [-0.25, -0.2) is 8.42 Å². The van der Waals surface area contributed by atoms with Crippen LogP contribution in [-0.2, 0) is 16.9 Å². The molecule has 7 nitrogen and oxygen atoms in total. The van der Waals surface area contributed by atoms with Gasteiger partial charge < -0.3 is 4.90 Å². The summed E-state index contributed by atoms with van der Waals surface area (Å²) >= 11 is 5.91. The molecule has 1 amide bonds. The second-order valence-corrected chi connectivity index (χ2v) is 8.64. The number of sulfone groups is 1. The topological polar surface area (TPSA) is 85.2 Å². The molecule has 0 atom stereocenters. The smallest absolute Gasteiger partial charge is 0.272 e. The molecule has 1 aliphatic rings. The van der Waals surface area contributed by atoms with Gasteiger partial charge >= 0.3 is 0 Å². The molecular weight excluding hydrogens is 364 g/mol. The Labute approximate surface area is 151 Å². The van der Waals surface area contributed by atoms with Crippen LogP contribution in [0.3, 0.4) is 0 Å². The molecule has 134 valence electrons. The fourth-order valence-corrected chi connectivity index (χ4v) is 4.30. The number of aryl methyl sites for hydroxylation is 1. The van der Waals surface area contributed by atoms with Crippen molar-refractivity contribution in [3.8, 4) is 0 Å². The number of hydrogen-bond donors (Lipinski definition) is 0. The minimum absolute atomic E-state index is 0.0161. The van der Waals surface area contributed by atoms with Crippen molar-refractivity contribution in [2.24, 2.45) is 7.05 Å². The second-order valence-electron chi connectivity index (χ2n) is 6.22. The molecule has 0 aromatic carbocycles. The number of nitrogens with zero attached hydrogens (tertiary/aromatic N) is 4. The van der Waals surface area contributed by atoms with Crippen molar-refractivity contribution in [3.63, 3.8) is 0 Å². The summed E-state index contributed by atoms with van der Waals surface area (Å²) in [7, 11) is -1.68. The number of halogens is 1. The standard InChI is InChI=1S/C16H19ClN4O3S/c1-20-13(3-6-19-20)16(22)21-7-4-11(5-8-21)15-14(25(2,23)24)9-12(17)10-18-15/h3,6,9-11H,4-5,7-8H2,1-2H3. The first-order chi connectivity index (χ1) is 11.8. The molecule has 0 bridgehead atoms. The van der Waals surface area contributed by atoms with Crippen LogP contribution < -0.4 is 0 Å². The molecule has 25 heavy (non-hydrogen) atoms. The molecule has 2 aromatic rings. The maximum absolute atomic E-state index is 12.5. The van der Waals surface area contributed by atoms with E-state index in [-0.39, 0.29) is 16.7 Å². The maximum Gasteiger partial charge on any atom is 0.272 e. The highest BCUT2D eigenvalue weighted by Gasteiger charge is 2.29. The highest BCUT2D eigenvalue weighted by molar-refractivity contribution is 7.90. The number of pyridine rings is 1. The average Bonchev–Trinajstić information content (AvgIpc) is 2.99. The Morgan fingerprint density at radius 3 is 2.56 bits per heavy atom. The van der Waals surface area contributed by atoms with E-state index in [0.717, 1.165) is 6.26 Å². The Balaban J connectivity index is 1.77. The van der Waals surface area contributed by atoms with Gasteiger partial charge in [0.05, 0.1) is 15.6 Å². The van der Waals surface area contributed by atoms with Gasteiger partial charge in [-0.3, -0.25) is 14.5 Å². The summed E-state index contributed by atoms with van der Waals surface area (Å²) in [4.78, 5) is 18.8. The average molecular weight is 383 g/mol. The molecule has 1 saturated heterocycles. The van der Waals surface area contributed by atoms with Gasteiger partial charge in [0, 0.05) is 44.7 Å². The van der Waals surface area contributed by atoms with Gasteiger partial charge in [-0.15, -0.1) is 0 Å². The quantitative estimate of drug-likeness (QED) is 0.809. The van der Waals surface area contributed by atoms with Crippen LogP contribution in [0, 0.1) is 0 Å². The number of rotatable bonds is 3. The van der Waals surface area contributed by atoms with E-state index in [4.69, 9.17) is 11.6 Å². The lowest BCUT2D eigenvalue weighted by atomic mass is 9.93. The van der Waals surface area contributed by atoms with Crippen molar-refractivity contribution in [2.45, 2.75) is 23.7 Å². The zero-order valence-corrected chi connectivity index (χ0v) is 15.6. The third-order valence-corrected chi connectivity index (χ3v) is 5.79. The summed E-state index contributed by atoms with van der Waals surface area (Å²) < 4.78 is 25.6. The molecule has 0 saturated carbocycles. The largest absolute Gasteiger partial charge is 0.337 e. The SMILES string of the molecule is Cn1nccc1C(=O)N1CCC(c2ncc(Cl)cc2S(C)(=O)=O)CC1. The van der Waals surface area contributed by atoms with E-state index >= 15 is 0 Å². The van der Waals surface area contributed by atoms with Crippen LogP contribution in [0.1, 0.15) is 34.9 Å². The van der Waals surface area contributed by atoms with E-state index in [1.165, 1.54) is 12.3 Å². The molecule has 1 fully saturated rings. The minimum Gasteiger partial charge on any atom is -0.337 e. The molecule has 0 aliphatic carbocycles. The summed E-state index contributed by atoms with van der Waals surface area (Å²) in [6.45, 7) is 1.09. The Morgan fingerprint density at radius 1 is 1.32 bits per heavy atom. The first-order valence-corrected chi connectivity index (χ1v) is 10.2. The Kier molecular flexibility index (Phi) is 4.83. The minimum atomic E-state index is -3.42. The second kappa shape index (κ2) is 6.76. The summed E-state index contributed by atoms with van der Waals surface area (Å²) in [6.07, 6.45) is 5.53. The molecule has 1 aliphatic heterocycles. The maximum atomic E-state index is 12.5. The first kappa shape index (κ1) is 17.9. The number of hydrogen-bond acceptors (Lipinski definition) is 5. The number of likely N-dealkylation sites (tertiary alicyclic amines) is 1. The molecule has 2 aromatic heterocycles. The fourth-order valence-electron chi connectivity index (χ4n) is 3.14. The van der Waals surface area contributed by atoms with Crippen LogP contribution in [0.2, 0.25) is 5.02 Å². The van der Waals surface area contributed by atoms with Gasteiger partial charge in [-0.2, -0.15) is 5.10 Å². The Morgan fingerprint density at radius 2 is 2.00 bits per heavy atom. The van der Waals surface area contributed by atoms with Crippen molar-refractivity contribution >= 4 is 27.3 Å². The van der Waals surface area contributed by atoms with Gasteiger partial charge in [-0.05, 0) is 25.0 Å². The van der Waals surface area contributed by atoms with Gasteiger partial charge in [0.1, 0.15) is 5.69 Å². The number of piperidine rings is 1. The summed E-state index contributed by atoms with van der Waals surface area (Å²) in [5.41, 5.74) is 1.08. The summed E-state index contributed by atoms with van der Waals surface area (Å²) in [6, 6.07) is 3.14. The first-order valence-electron chi connectivity index (χ1n) is 7.90. The van der Waals surface area contributed by atoms with Crippen molar-refractivity contribution < 1.29 is 13.2 Å². The Bertz CT molecular complexity index is 902. The lowest BCUT2D eigenvalue weighted by molar-refractivity contribution is 0.0700. The van der Waals surface area contributed by atoms with Crippen molar-refractivity contribution in [3.05, 3.63) is 40.9 Å². The van der Waals surface area contributed by atoms with Crippen molar-refractivity contribution in [1.29, 1.82) is 0 Å². The van der Waals surface area contributed by atoms with Crippen LogP contribution in [0.5, 0.6) is 0 Å². The van der Waals surface area contributed by atoms with Gasteiger partial charge in [0.15, 0.2) is 9.84 Å². The number of carbonyl (C=O) groups is 1. The fraction of sp³-hybridized carbons (Fsp3) is 0.438. The number of aromatic nitrogens is 3. The lowest BCUT2D eigenvalue weighted by Gasteiger charge is -2.32. The van der Waals surface area contributed by atoms with Crippen LogP contribution in [0.25, 0.3) is 0 Å². The molecule has 0 spiro atoms. The van der Waals surface area contributed by atoms with Crippen LogP contribution >= 0.6 is 11.6 Å². The van der Waals surface area contributed by atoms with E-state index in [0.29, 0.717) is 42.3 Å². The van der Waals surface area contributed by atoms with Crippen LogP contribution in [-0.4, -0.2) is 53.3 Å². The molecule has 9 heteroatoms. The zero-order chi connectivity index (χ0) is 18.2. The van der Waals surface area contributed by atoms with Gasteiger partial charge in [0.2, 0.25) is 0 Å². The van der Waals surface area contributed by atoms with E-state index < -0.39 is 9.84 Å². The van der Waals surface area contributed by atoms with E-state index in [9.17, 15) is 13.2 Å². The highest BCUT2D eigenvalue weighted by Crippen LogP contribution is 2.32. The van der Waals surface area contributed by atoms with Crippen molar-refractivity contribution in [1.82, 2.24) is 19.7 Å².